The van der Waals surface area contributed by atoms with E-state index in [0.29, 0.717) is 44.2 Å². The van der Waals surface area contributed by atoms with Crippen molar-refractivity contribution < 1.29 is 13.6 Å². The van der Waals surface area contributed by atoms with Crippen molar-refractivity contribution in [2.45, 2.75) is 39.4 Å². The zero-order valence-corrected chi connectivity index (χ0v) is 19.6. The quantitative estimate of drug-likeness (QED) is 0.520. The van der Waals surface area contributed by atoms with Gasteiger partial charge in [-0.05, 0) is 50.6 Å². The number of nitrogens with zero attached hydrogens (tertiary/aromatic N) is 3. The largest absolute Gasteiger partial charge is 0.455 e. The van der Waals surface area contributed by atoms with Gasteiger partial charge in [0.05, 0.1) is 12.2 Å². The van der Waals surface area contributed by atoms with E-state index >= 15 is 0 Å². The predicted molar refractivity (Wildman–Crippen MR) is 129 cm³/mol. The molecule has 6 heteroatoms. The van der Waals surface area contributed by atoms with Crippen molar-refractivity contribution in [2.24, 2.45) is 0 Å². The smallest absolute Gasteiger partial charge is 0.289 e. The molecule has 1 saturated heterocycles. The van der Waals surface area contributed by atoms with Crippen LogP contribution in [0.5, 0.6) is 0 Å². The summed E-state index contributed by atoms with van der Waals surface area (Å²) in [5, 5.41) is 0. The monoisotopic (exact) mass is 449 g/mol. The van der Waals surface area contributed by atoms with Gasteiger partial charge in [0.15, 0.2) is 5.76 Å². The van der Waals surface area contributed by atoms with Crippen LogP contribution in [0.1, 0.15) is 42.6 Å². The second kappa shape index (κ2) is 9.79. The molecule has 5 nitrogen and oxygen atoms in total. The molecule has 174 valence electrons. The first-order chi connectivity index (χ1) is 15.8. The summed E-state index contributed by atoms with van der Waals surface area (Å²) < 4.78 is 20.1. The van der Waals surface area contributed by atoms with Crippen LogP contribution in [-0.4, -0.2) is 47.4 Å². The molecule has 0 unspecified atom stereocenters. The molecule has 0 saturated carbocycles. The maximum absolute atomic E-state index is 14.1. The lowest BCUT2D eigenvalue weighted by molar-refractivity contribution is 0.0703. The number of carbonyl (C=O) groups is 1. The van der Waals surface area contributed by atoms with Crippen molar-refractivity contribution >= 4 is 11.6 Å². The van der Waals surface area contributed by atoms with Crippen LogP contribution in [0.2, 0.25) is 0 Å². The average molecular weight is 450 g/mol. The number of benzene rings is 2. The molecule has 2 aromatic carbocycles. The molecule has 1 amide bonds. The van der Waals surface area contributed by atoms with Gasteiger partial charge in [-0.25, -0.2) is 4.39 Å². The van der Waals surface area contributed by atoms with Crippen molar-refractivity contribution in [1.82, 2.24) is 9.80 Å². The van der Waals surface area contributed by atoms with E-state index in [1.165, 1.54) is 11.6 Å². The molecule has 1 aromatic heterocycles. The number of amides is 1. The third-order valence-corrected chi connectivity index (χ3v) is 6.14. The standard InChI is InChI=1S/C27H32FN3O2/c1-27(2,3)31(19-21-9-5-4-6-10-21)20-22-13-14-25(33-22)26(32)30-17-15-29(16-18-30)24-12-8-7-11-23(24)28/h4-14H,15-20H2,1-3H3. The van der Waals surface area contributed by atoms with Gasteiger partial charge in [0, 0.05) is 38.3 Å². The van der Waals surface area contributed by atoms with Gasteiger partial charge in [-0.3, -0.25) is 9.69 Å². The Labute approximate surface area is 195 Å². The van der Waals surface area contributed by atoms with E-state index < -0.39 is 0 Å². The molecule has 3 aromatic rings. The van der Waals surface area contributed by atoms with Gasteiger partial charge in [0.2, 0.25) is 0 Å². The lowest BCUT2D eigenvalue weighted by Gasteiger charge is -2.36. The number of halogens is 1. The lowest BCUT2D eigenvalue weighted by Crippen LogP contribution is -2.49. The second-order valence-corrected chi connectivity index (χ2v) is 9.51. The van der Waals surface area contributed by atoms with Gasteiger partial charge < -0.3 is 14.2 Å². The molecule has 0 spiro atoms. The van der Waals surface area contributed by atoms with E-state index in [-0.39, 0.29) is 17.3 Å². The molecule has 0 N–H and O–H groups in total. The summed E-state index contributed by atoms with van der Waals surface area (Å²) in [6, 6.07) is 20.8. The number of para-hydroxylation sites is 1. The number of piperazine rings is 1. The fraction of sp³-hybridized carbons (Fsp3) is 0.370. The van der Waals surface area contributed by atoms with E-state index in [4.69, 9.17) is 4.42 Å². The highest BCUT2D eigenvalue weighted by Gasteiger charge is 2.27. The fourth-order valence-electron chi connectivity index (χ4n) is 4.11. The highest BCUT2D eigenvalue weighted by atomic mass is 19.1. The first-order valence-corrected chi connectivity index (χ1v) is 11.5. The Morgan fingerprint density at radius 1 is 0.909 bits per heavy atom. The van der Waals surface area contributed by atoms with Gasteiger partial charge in [0.1, 0.15) is 11.6 Å². The van der Waals surface area contributed by atoms with Gasteiger partial charge in [-0.2, -0.15) is 0 Å². The summed E-state index contributed by atoms with van der Waals surface area (Å²) in [4.78, 5) is 19.1. The number of carbonyl (C=O) groups excluding carboxylic acids is 1. The molecule has 4 rings (SSSR count). The van der Waals surface area contributed by atoms with Crippen LogP contribution in [0.3, 0.4) is 0 Å². The van der Waals surface area contributed by atoms with Crippen LogP contribution in [0.25, 0.3) is 0 Å². The molecule has 0 bridgehead atoms. The molecule has 1 aliphatic heterocycles. The van der Waals surface area contributed by atoms with Crippen LogP contribution in [0.4, 0.5) is 10.1 Å². The molecule has 0 atom stereocenters. The SMILES string of the molecule is CC(C)(C)N(Cc1ccccc1)Cc1ccc(C(=O)N2CCN(c3ccccc3F)CC2)o1. The molecule has 0 radical (unpaired) electrons. The van der Waals surface area contributed by atoms with Crippen molar-refractivity contribution in [2.75, 3.05) is 31.1 Å². The molecule has 33 heavy (non-hydrogen) atoms. The number of hydrogen-bond donors (Lipinski definition) is 0. The Morgan fingerprint density at radius 3 is 2.24 bits per heavy atom. The van der Waals surface area contributed by atoms with Gasteiger partial charge in [0.25, 0.3) is 5.91 Å². The fourth-order valence-corrected chi connectivity index (χ4v) is 4.11. The van der Waals surface area contributed by atoms with Crippen LogP contribution in [0, 0.1) is 5.82 Å². The summed E-state index contributed by atoms with van der Waals surface area (Å²) in [6.45, 7) is 10.2. The summed E-state index contributed by atoms with van der Waals surface area (Å²) in [5.41, 5.74) is 1.77. The van der Waals surface area contributed by atoms with Crippen molar-refractivity contribution in [1.29, 1.82) is 0 Å². The maximum atomic E-state index is 14.1. The Kier molecular flexibility index (Phi) is 6.84. The first-order valence-electron chi connectivity index (χ1n) is 11.5. The third-order valence-electron chi connectivity index (χ3n) is 6.14. The predicted octanol–water partition coefficient (Wildman–Crippen LogP) is 5.18. The number of anilines is 1. The van der Waals surface area contributed by atoms with Crippen LogP contribution in [-0.2, 0) is 13.1 Å². The molecule has 1 aliphatic rings. The van der Waals surface area contributed by atoms with Crippen molar-refractivity contribution in [3.8, 4) is 0 Å². The van der Waals surface area contributed by atoms with Crippen molar-refractivity contribution in [3.05, 3.63) is 89.6 Å². The Morgan fingerprint density at radius 2 is 1.58 bits per heavy atom. The zero-order valence-electron chi connectivity index (χ0n) is 19.6. The molecule has 1 fully saturated rings. The Hall–Kier alpha value is -3.12. The second-order valence-electron chi connectivity index (χ2n) is 9.51. The van der Waals surface area contributed by atoms with Crippen LogP contribution in [0.15, 0.2) is 71.1 Å². The molecular weight excluding hydrogens is 417 g/mol. The van der Waals surface area contributed by atoms with E-state index in [1.54, 1.807) is 23.1 Å². The first kappa shape index (κ1) is 23.1. The Balaban J connectivity index is 1.38. The summed E-state index contributed by atoms with van der Waals surface area (Å²) in [5.74, 6) is 0.791. The summed E-state index contributed by atoms with van der Waals surface area (Å²) >= 11 is 0. The van der Waals surface area contributed by atoms with Crippen LogP contribution < -0.4 is 4.90 Å². The maximum Gasteiger partial charge on any atom is 0.289 e. The summed E-state index contributed by atoms with van der Waals surface area (Å²) in [7, 11) is 0. The molecular formula is C27H32FN3O2. The van der Waals surface area contributed by atoms with Crippen LogP contribution >= 0.6 is 0 Å². The number of furan rings is 1. The highest BCUT2D eigenvalue weighted by molar-refractivity contribution is 5.91. The number of hydrogen-bond acceptors (Lipinski definition) is 4. The minimum Gasteiger partial charge on any atom is -0.455 e. The topological polar surface area (TPSA) is 39.9 Å². The van der Waals surface area contributed by atoms with E-state index in [1.807, 2.05) is 35.2 Å². The van der Waals surface area contributed by atoms with E-state index in [2.05, 4.69) is 37.8 Å². The lowest BCUT2D eigenvalue weighted by atomic mass is 10.0. The Bertz CT molecular complexity index is 1070. The average Bonchev–Trinajstić information content (AvgIpc) is 3.27. The normalized spacial score (nSPS) is 14.7. The van der Waals surface area contributed by atoms with E-state index in [0.717, 1.165) is 12.3 Å². The third kappa shape index (κ3) is 5.63. The minimum atomic E-state index is -0.230. The molecule has 0 aliphatic carbocycles. The van der Waals surface area contributed by atoms with Crippen molar-refractivity contribution in [3.63, 3.8) is 0 Å². The summed E-state index contributed by atoms with van der Waals surface area (Å²) in [6.07, 6.45) is 0. The van der Waals surface area contributed by atoms with E-state index in [9.17, 15) is 9.18 Å². The van der Waals surface area contributed by atoms with Gasteiger partial charge in [-0.15, -0.1) is 0 Å². The van der Waals surface area contributed by atoms with Gasteiger partial charge >= 0.3 is 0 Å². The van der Waals surface area contributed by atoms with Gasteiger partial charge in [-0.1, -0.05) is 42.5 Å². The minimum absolute atomic E-state index is 0.0597. The highest BCUT2D eigenvalue weighted by Crippen LogP contribution is 2.24. The zero-order chi connectivity index (χ0) is 23.4. The number of rotatable bonds is 6. The molecule has 2 heterocycles.